The van der Waals surface area contributed by atoms with Gasteiger partial charge in [0, 0.05) is 43.0 Å². The zero-order valence-electron chi connectivity index (χ0n) is 13.5. The van der Waals surface area contributed by atoms with E-state index in [-0.39, 0.29) is 24.1 Å². The predicted octanol–water partition coefficient (Wildman–Crippen LogP) is 3.22. The summed E-state index contributed by atoms with van der Waals surface area (Å²) in [6, 6.07) is 6.54. The first-order valence-corrected chi connectivity index (χ1v) is 8.08. The summed E-state index contributed by atoms with van der Waals surface area (Å²) < 4.78 is 13.8. The highest BCUT2D eigenvalue weighted by Gasteiger charge is 2.28. The van der Waals surface area contributed by atoms with Crippen LogP contribution in [0.4, 0.5) is 10.3 Å². The number of carbonyl (C=O) groups is 1. The number of benzene rings is 1. The van der Waals surface area contributed by atoms with E-state index in [0.717, 1.165) is 19.5 Å². The molecule has 2 atom stereocenters. The van der Waals surface area contributed by atoms with Crippen LogP contribution in [0.15, 0.2) is 36.7 Å². The molecule has 1 aliphatic rings. The monoisotopic (exact) mass is 329 g/mol. The molecule has 24 heavy (non-hydrogen) atoms. The van der Waals surface area contributed by atoms with E-state index in [0.29, 0.717) is 17.1 Å². The molecule has 2 heterocycles. The van der Waals surface area contributed by atoms with Crippen LogP contribution < -0.4 is 4.90 Å². The largest absolute Gasteiger partial charge is 0.481 e. The van der Waals surface area contributed by atoms with E-state index in [2.05, 4.69) is 21.8 Å². The second-order valence-electron chi connectivity index (χ2n) is 6.32. The average Bonchev–Trinajstić information content (AvgIpc) is 2.57. The molecule has 3 rings (SSSR count). The van der Waals surface area contributed by atoms with E-state index in [1.165, 1.54) is 6.07 Å². The van der Waals surface area contributed by atoms with Gasteiger partial charge in [-0.15, -0.1) is 0 Å². The molecule has 0 aliphatic carbocycles. The third-order valence-corrected chi connectivity index (χ3v) is 4.63. The second kappa shape index (κ2) is 6.95. The van der Waals surface area contributed by atoms with Gasteiger partial charge in [0.1, 0.15) is 5.82 Å². The standard InChI is InChI=1S/C18H20FN3O2/c1-12-11-22(7-6-13(12)8-17(23)24)18-20-9-14(10-21-18)15-4-2-3-5-16(15)19/h2-5,9-10,12-13H,6-8,11H2,1H3,(H,23,24). The summed E-state index contributed by atoms with van der Waals surface area (Å²) in [6.07, 6.45) is 4.29. The summed E-state index contributed by atoms with van der Waals surface area (Å²) in [5, 5.41) is 8.96. The fourth-order valence-electron chi connectivity index (χ4n) is 3.22. The topological polar surface area (TPSA) is 66.3 Å². The predicted molar refractivity (Wildman–Crippen MR) is 89.2 cm³/mol. The van der Waals surface area contributed by atoms with Crippen LogP contribution in [0.5, 0.6) is 0 Å². The van der Waals surface area contributed by atoms with Crippen molar-refractivity contribution in [2.45, 2.75) is 19.8 Å². The van der Waals surface area contributed by atoms with Crippen LogP contribution in [0.1, 0.15) is 19.8 Å². The van der Waals surface area contributed by atoms with Gasteiger partial charge >= 0.3 is 5.97 Å². The van der Waals surface area contributed by atoms with Gasteiger partial charge in [-0.25, -0.2) is 14.4 Å². The first-order chi connectivity index (χ1) is 11.5. The van der Waals surface area contributed by atoms with Gasteiger partial charge < -0.3 is 10.0 Å². The maximum atomic E-state index is 13.8. The van der Waals surface area contributed by atoms with Gasteiger partial charge in [-0.2, -0.15) is 0 Å². The Morgan fingerprint density at radius 3 is 2.67 bits per heavy atom. The normalized spacial score (nSPS) is 20.8. The molecule has 0 amide bonds. The molecule has 126 valence electrons. The lowest BCUT2D eigenvalue weighted by molar-refractivity contribution is -0.138. The number of aliphatic carboxylic acids is 1. The van der Waals surface area contributed by atoms with Crippen molar-refractivity contribution in [2.75, 3.05) is 18.0 Å². The van der Waals surface area contributed by atoms with Crippen LogP contribution in [-0.2, 0) is 4.79 Å². The minimum absolute atomic E-state index is 0.191. The number of halogens is 1. The molecule has 1 aromatic carbocycles. The molecule has 0 bridgehead atoms. The summed E-state index contributed by atoms with van der Waals surface area (Å²) in [5.74, 6) is 0.0274. The fraction of sp³-hybridized carbons (Fsp3) is 0.389. The number of rotatable bonds is 4. The molecule has 5 nitrogen and oxygen atoms in total. The highest BCUT2D eigenvalue weighted by atomic mass is 19.1. The Kier molecular flexibility index (Phi) is 4.74. The molecule has 6 heteroatoms. The van der Waals surface area contributed by atoms with Crippen molar-refractivity contribution in [3.63, 3.8) is 0 Å². The van der Waals surface area contributed by atoms with Gasteiger partial charge in [0.2, 0.25) is 5.95 Å². The number of aromatic nitrogens is 2. The molecule has 2 aromatic rings. The van der Waals surface area contributed by atoms with Crippen molar-refractivity contribution in [3.8, 4) is 11.1 Å². The number of hydrogen-bond donors (Lipinski definition) is 1. The molecule has 2 unspecified atom stereocenters. The SMILES string of the molecule is CC1CN(c2ncc(-c3ccccc3F)cn2)CCC1CC(=O)O. The molecule has 1 fully saturated rings. The van der Waals surface area contributed by atoms with Gasteiger partial charge in [-0.3, -0.25) is 4.79 Å². The van der Waals surface area contributed by atoms with Gasteiger partial charge in [-0.05, 0) is 24.3 Å². The highest BCUT2D eigenvalue weighted by molar-refractivity contribution is 5.67. The first-order valence-electron chi connectivity index (χ1n) is 8.08. The van der Waals surface area contributed by atoms with Crippen LogP contribution >= 0.6 is 0 Å². The summed E-state index contributed by atoms with van der Waals surface area (Å²) in [5.41, 5.74) is 1.13. The first kappa shape index (κ1) is 16.4. The van der Waals surface area contributed by atoms with Crippen LogP contribution in [0.3, 0.4) is 0 Å². The average molecular weight is 329 g/mol. The Morgan fingerprint density at radius 2 is 2.04 bits per heavy atom. The van der Waals surface area contributed by atoms with E-state index < -0.39 is 5.97 Å². The van der Waals surface area contributed by atoms with Crippen LogP contribution in [0.25, 0.3) is 11.1 Å². The minimum atomic E-state index is -0.745. The number of carboxylic acids is 1. The Labute approximate surface area is 140 Å². The Balaban J connectivity index is 1.71. The second-order valence-corrected chi connectivity index (χ2v) is 6.32. The molecule has 0 saturated carbocycles. The Morgan fingerprint density at radius 1 is 1.33 bits per heavy atom. The third kappa shape index (κ3) is 3.53. The van der Waals surface area contributed by atoms with Gasteiger partial charge in [0.15, 0.2) is 0 Å². The van der Waals surface area contributed by atoms with Crippen molar-refractivity contribution in [3.05, 3.63) is 42.5 Å². The van der Waals surface area contributed by atoms with E-state index in [1.807, 2.05) is 0 Å². The highest BCUT2D eigenvalue weighted by Crippen LogP contribution is 2.29. The molecule has 0 radical (unpaired) electrons. The zero-order chi connectivity index (χ0) is 17.1. The number of carboxylic acid groups (broad SMARTS) is 1. The number of anilines is 1. The van der Waals surface area contributed by atoms with Crippen LogP contribution in [0.2, 0.25) is 0 Å². The molecule has 1 N–H and O–H groups in total. The molecule has 0 spiro atoms. The van der Waals surface area contributed by atoms with Gasteiger partial charge in [-0.1, -0.05) is 25.1 Å². The van der Waals surface area contributed by atoms with Gasteiger partial charge in [0.05, 0.1) is 0 Å². The summed E-state index contributed by atoms with van der Waals surface area (Å²) in [7, 11) is 0. The molecular formula is C18H20FN3O2. The lowest BCUT2D eigenvalue weighted by Crippen LogP contribution is -2.40. The lowest BCUT2D eigenvalue weighted by atomic mass is 9.84. The maximum absolute atomic E-state index is 13.8. The van der Waals surface area contributed by atoms with Crippen LogP contribution in [0, 0.1) is 17.7 Å². The van der Waals surface area contributed by atoms with Crippen molar-refractivity contribution < 1.29 is 14.3 Å². The minimum Gasteiger partial charge on any atom is -0.481 e. The van der Waals surface area contributed by atoms with E-state index in [9.17, 15) is 9.18 Å². The van der Waals surface area contributed by atoms with E-state index in [4.69, 9.17) is 5.11 Å². The summed E-state index contributed by atoms with van der Waals surface area (Å²) in [6.45, 7) is 3.53. The molecule has 1 aliphatic heterocycles. The number of piperidine rings is 1. The number of hydrogen-bond acceptors (Lipinski definition) is 4. The molecule has 1 aromatic heterocycles. The van der Waals surface area contributed by atoms with Crippen LogP contribution in [-0.4, -0.2) is 34.1 Å². The van der Waals surface area contributed by atoms with Crippen molar-refractivity contribution >= 4 is 11.9 Å². The van der Waals surface area contributed by atoms with E-state index >= 15 is 0 Å². The lowest BCUT2D eigenvalue weighted by Gasteiger charge is -2.36. The number of nitrogens with zero attached hydrogens (tertiary/aromatic N) is 3. The van der Waals surface area contributed by atoms with E-state index in [1.54, 1.807) is 30.6 Å². The Hall–Kier alpha value is -2.50. The van der Waals surface area contributed by atoms with Crippen molar-refractivity contribution in [1.82, 2.24) is 9.97 Å². The molecular weight excluding hydrogens is 309 g/mol. The quantitative estimate of drug-likeness (QED) is 0.933. The zero-order valence-corrected chi connectivity index (χ0v) is 13.5. The summed E-state index contributed by atoms with van der Waals surface area (Å²) >= 11 is 0. The third-order valence-electron chi connectivity index (χ3n) is 4.63. The smallest absolute Gasteiger partial charge is 0.303 e. The molecule has 1 saturated heterocycles. The summed E-state index contributed by atoms with van der Waals surface area (Å²) in [4.78, 5) is 21.7. The maximum Gasteiger partial charge on any atom is 0.303 e. The Bertz CT molecular complexity index is 720. The van der Waals surface area contributed by atoms with Gasteiger partial charge in [0.25, 0.3) is 0 Å². The van der Waals surface area contributed by atoms with Crippen molar-refractivity contribution in [2.24, 2.45) is 11.8 Å². The van der Waals surface area contributed by atoms with Crippen molar-refractivity contribution in [1.29, 1.82) is 0 Å². The fourth-order valence-corrected chi connectivity index (χ4v) is 3.22.